The number of nitrogens with one attached hydrogen (secondary N) is 1. The van der Waals surface area contributed by atoms with E-state index in [1.165, 1.54) is 10.8 Å². The molecule has 0 radical (unpaired) electrons. The standard InChI is InChI=1S/C17H16N4O2S/c22-16(11-21-7-2-6-19-17(21)23)20-15(9-13-4-8-24-12-13)14-3-1-5-18-10-14/h1-8,10,12,15H,9,11H2,(H,20,22)/t15-/m0/s1. The molecule has 0 spiro atoms. The first-order chi connectivity index (χ1) is 11.7. The summed E-state index contributed by atoms with van der Waals surface area (Å²) in [5, 5.41) is 7.05. The maximum atomic E-state index is 12.4. The molecule has 0 aromatic carbocycles. The van der Waals surface area contributed by atoms with Crippen LogP contribution >= 0.6 is 11.3 Å². The zero-order valence-electron chi connectivity index (χ0n) is 12.8. The van der Waals surface area contributed by atoms with E-state index in [2.05, 4.69) is 20.7 Å². The first-order valence-corrected chi connectivity index (χ1v) is 8.38. The molecule has 3 aromatic rings. The molecule has 1 N–H and O–H groups in total. The SMILES string of the molecule is O=C(Cn1cccnc1=O)N[C@@H](Cc1ccsc1)c1cccnc1. The summed E-state index contributed by atoms with van der Waals surface area (Å²) in [5.74, 6) is -0.241. The average Bonchev–Trinajstić information content (AvgIpc) is 3.10. The van der Waals surface area contributed by atoms with Gasteiger partial charge in [-0.2, -0.15) is 11.3 Å². The summed E-state index contributed by atoms with van der Waals surface area (Å²) in [7, 11) is 0. The van der Waals surface area contributed by atoms with Crippen LogP contribution in [0, 0.1) is 0 Å². The Hall–Kier alpha value is -2.80. The number of nitrogens with zero attached hydrogens (tertiary/aromatic N) is 3. The van der Waals surface area contributed by atoms with Crippen molar-refractivity contribution in [2.45, 2.75) is 19.0 Å². The largest absolute Gasteiger partial charge is 0.347 e. The Kier molecular flexibility index (Phi) is 5.12. The van der Waals surface area contributed by atoms with Gasteiger partial charge in [0.25, 0.3) is 0 Å². The Labute approximate surface area is 142 Å². The van der Waals surface area contributed by atoms with Crippen LogP contribution < -0.4 is 11.0 Å². The minimum absolute atomic E-state index is 0.0624. The van der Waals surface area contributed by atoms with Crippen molar-refractivity contribution in [1.82, 2.24) is 19.9 Å². The molecule has 0 fully saturated rings. The normalized spacial score (nSPS) is 11.8. The van der Waals surface area contributed by atoms with Gasteiger partial charge in [0.2, 0.25) is 5.91 Å². The minimum atomic E-state index is -0.441. The van der Waals surface area contributed by atoms with Gasteiger partial charge in [-0.15, -0.1) is 0 Å². The van der Waals surface area contributed by atoms with Gasteiger partial charge in [-0.1, -0.05) is 6.07 Å². The Morgan fingerprint density at radius 2 is 2.21 bits per heavy atom. The molecule has 6 nitrogen and oxygen atoms in total. The summed E-state index contributed by atoms with van der Waals surface area (Å²) in [4.78, 5) is 31.8. The van der Waals surface area contributed by atoms with Crippen molar-refractivity contribution < 1.29 is 4.79 Å². The van der Waals surface area contributed by atoms with Gasteiger partial charge in [-0.25, -0.2) is 9.78 Å². The molecule has 0 aliphatic heterocycles. The van der Waals surface area contributed by atoms with Crippen molar-refractivity contribution in [1.29, 1.82) is 0 Å². The zero-order chi connectivity index (χ0) is 16.8. The fourth-order valence-corrected chi connectivity index (χ4v) is 3.06. The van der Waals surface area contributed by atoms with Gasteiger partial charge in [-0.3, -0.25) is 14.3 Å². The molecule has 0 unspecified atom stereocenters. The summed E-state index contributed by atoms with van der Waals surface area (Å²) >= 11 is 1.62. The van der Waals surface area contributed by atoms with E-state index in [0.717, 1.165) is 11.1 Å². The summed E-state index contributed by atoms with van der Waals surface area (Å²) in [6.07, 6.45) is 7.07. The summed E-state index contributed by atoms with van der Waals surface area (Å²) in [6.45, 7) is -0.0624. The number of thiophene rings is 1. The summed E-state index contributed by atoms with van der Waals surface area (Å²) in [5.41, 5.74) is 1.63. The molecule has 7 heteroatoms. The second-order valence-corrected chi connectivity index (χ2v) is 6.05. The molecule has 0 aliphatic rings. The molecule has 3 rings (SSSR count). The van der Waals surface area contributed by atoms with Crippen molar-refractivity contribution >= 4 is 17.2 Å². The average molecular weight is 340 g/mol. The van der Waals surface area contributed by atoms with Crippen LogP contribution in [0.3, 0.4) is 0 Å². The lowest BCUT2D eigenvalue weighted by Crippen LogP contribution is -2.35. The number of amides is 1. The fraction of sp³-hybridized carbons (Fsp3) is 0.176. The molecular formula is C17H16N4O2S. The molecule has 1 amide bonds. The van der Waals surface area contributed by atoms with Crippen molar-refractivity contribution in [2.24, 2.45) is 0 Å². The van der Waals surface area contributed by atoms with Gasteiger partial charge in [0.1, 0.15) is 6.54 Å². The van der Waals surface area contributed by atoms with Gasteiger partial charge in [0.05, 0.1) is 6.04 Å². The van der Waals surface area contributed by atoms with E-state index in [1.807, 2.05) is 23.6 Å². The van der Waals surface area contributed by atoms with Crippen molar-refractivity contribution in [3.8, 4) is 0 Å². The highest BCUT2D eigenvalue weighted by molar-refractivity contribution is 7.07. The lowest BCUT2D eigenvalue weighted by atomic mass is 10.0. The maximum Gasteiger partial charge on any atom is 0.347 e. The first-order valence-electron chi connectivity index (χ1n) is 7.44. The van der Waals surface area contributed by atoms with E-state index in [9.17, 15) is 9.59 Å². The van der Waals surface area contributed by atoms with Crippen LogP contribution in [0.1, 0.15) is 17.2 Å². The van der Waals surface area contributed by atoms with Crippen molar-refractivity contribution in [2.75, 3.05) is 0 Å². The van der Waals surface area contributed by atoms with Gasteiger partial charge in [0.15, 0.2) is 0 Å². The third kappa shape index (κ3) is 4.14. The Balaban J connectivity index is 1.75. The van der Waals surface area contributed by atoms with E-state index >= 15 is 0 Å². The number of hydrogen-bond donors (Lipinski definition) is 1. The van der Waals surface area contributed by atoms with E-state index < -0.39 is 5.69 Å². The highest BCUT2D eigenvalue weighted by Gasteiger charge is 2.16. The van der Waals surface area contributed by atoms with Crippen LogP contribution in [-0.4, -0.2) is 20.4 Å². The molecular weight excluding hydrogens is 324 g/mol. The predicted molar refractivity (Wildman–Crippen MR) is 91.6 cm³/mol. The van der Waals surface area contributed by atoms with Gasteiger partial charge >= 0.3 is 5.69 Å². The fourth-order valence-electron chi connectivity index (χ4n) is 2.38. The second-order valence-electron chi connectivity index (χ2n) is 5.27. The minimum Gasteiger partial charge on any atom is -0.347 e. The van der Waals surface area contributed by atoms with Crippen LogP contribution in [-0.2, 0) is 17.8 Å². The molecule has 1 atom stereocenters. The lowest BCUT2D eigenvalue weighted by molar-refractivity contribution is -0.122. The Morgan fingerprint density at radius 1 is 1.29 bits per heavy atom. The van der Waals surface area contributed by atoms with Crippen LogP contribution in [0.4, 0.5) is 0 Å². The molecule has 3 heterocycles. The van der Waals surface area contributed by atoms with Crippen molar-refractivity contribution in [3.05, 3.63) is 81.4 Å². The number of rotatable bonds is 6. The van der Waals surface area contributed by atoms with E-state index in [4.69, 9.17) is 0 Å². The lowest BCUT2D eigenvalue weighted by Gasteiger charge is -2.19. The number of carbonyl (C=O) groups is 1. The zero-order valence-corrected chi connectivity index (χ0v) is 13.6. The Bertz CT molecular complexity index is 846. The number of carbonyl (C=O) groups excluding carboxylic acids is 1. The maximum absolute atomic E-state index is 12.4. The predicted octanol–water partition coefficient (Wildman–Crippen LogP) is 1.80. The molecule has 24 heavy (non-hydrogen) atoms. The third-order valence-electron chi connectivity index (χ3n) is 3.54. The third-order valence-corrected chi connectivity index (χ3v) is 4.27. The van der Waals surface area contributed by atoms with Gasteiger partial charge < -0.3 is 5.32 Å². The van der Waals surface area contributed by atoms with Crippen LogP contribution in [0.15, 0.2) is 64.6 Å². The number of aromatic nitrogens is 3. The quantitative estimate of drug-likeness (QED) is 0.742. The molecule has 0 saturated carbocycles. The van der Waals surface area contributed by atoms with Gasteiger partial charge in [-0.05, 0) is 46.5 Å². The molecule has 0 aliphatic carbocycles. The topological polar surface area (TPSA) is 76.9 Å². The molecule has 3 aromatic heterocycles. The van der Waals surface area contributed by atoms with E-state index in [0.29, 0.717) is 6.42 Å². The molecule has 122 valence electrons. The van der Waals surface area contributed by atoms with Crippen LogP contribution in [0.5, 0.6) is 0 Å². The van der Waals surface area contributed by atoms with Crippen LogP contribution in [0.25, 0.3) is 0 Å². The first kappa shape index (κ1) is 16.1. The summed E-state index contributed by atoms with van der Waals surface area (Å²) in [6, 6.07) is 7.23. The van der Waals surface area contributed by atoms with E-state index in [1.54, 1.807) is 36.0 Å². The second kappa shape index (κ2) is 7.65. The summed E-state index contributed by atoms with van der Waals surface area (Å²) < 4.78 is 1.28. The highest BCUT2D eigenvalue weighted by atomic mass is 32.1. The smallest absolute Gasteiger partial charge is 0.347 e. The number of hydrogen-bond acceptors (Lipinski definition) is 5. The Morgan fingerprint density at radius 3 is 2.92 bits per heavy atom. The molecule has 0 saturated heterocycles. The highest BCUT2D eigenvalue weighted by Crippen LogP contribution is 2.19. The monoisotopic (exact) mass is 340 g/mol. The van der Waals surface area contributed by atoms with Crippen molar-refractivity contribution in [3.63, 3.8) is 0 Å². The van der Waals surface area contributed by atoms with E-state index in [-0.39, 0.29) is 18.5 Å². The van der Waals surface area contributed by atoms with Crippen LogP contribution in [0.2, 0.25) is 0 Å². The van der Waals surface area contributed by atoms with Gasteiger partial charge in [0, 0.05) is 24.8 Å². The number of pyridine rings is 1. The molecule has 0 bridgehead atoms.